The molecule has 0 radical (unpaired) electrons. The number of ether oxygens (including phenoxy) is 1. The van der Waals surface area contributed by atoms with Crippen molar-refractivity contribution in [2.75, 3.05) is 11.1 Å². The van der Waals surface area contributed by atoms with Crippen LogP contribution in [0.4, 0.5) is 10.1 Å². The van der Waals surface area contributed by atoms with Gasteiger partial charge in [-0.15, -0.1) is 11.8 Å². The third-order valence-corrected chi connectivity index (χ3v) is 5.46. The SMILES string of the molecule is C[C@H](OC(=O)CCSc1ccc(F)cc1)C(=O)Nc1ccc(S(N)(=O)=O)cc1. The van der Waals surface area contributed by atoms with Crippen molar-refractivity contribution in [1.82, 2.24) is 0 Å². The minimum atomic E-state index is -3.81. The van der Waals surface area contributed by atoms with Gasteiger partial charge in [0.05, 0.1) is 11.3 Å². The van der Waals surface area contributed by atoms with E-state index in [1.54, 1.807) is 12.1 Å². The van der Waals surface area contributed by atoms with Crippen LogP contribution >= 0.6 is 11.8 Å². The Hall–Kier alpha value is -2.43. The van der Waals surface area contributed by atoms with Gasteiger partial charge in [0, 0.05) is 16.3 Å². The van der Waals surface area contributed by atoms with Crippen LogP contribution in [0, 0.1) is 5.82 Å². The molecule has 28 heavy (non-hydrogen) atoms. The van der Waals surface area contributed by atoms with Crippen LogP contribution in [0.1, 0.15) is 13.3 Å². The van der Waals surface area contributed by atoms with Crippen LogP contribution in [0.5, 0.6) is 0 Å². The normalized spacial score (nSPS) is 12.2. The molecule has 0 unspecified atom stereocenters. The van der Waals surface area contributed by atoms with Gasteiger partial charge >= 0.3 is 5.97 Å². The van der Waals surface area contributed by atoms with Gasteiger partial charge in [0.15, 0.2) is 6.10 Å². The molecular weight excluding hydrogens is 407 g/mol. The van der Waals surface area contributed by atoms with Crippen LogP contribution in [0.3, 0.4) is 0 Å². The molecule has 0 spiro atoms. The molecule has 10 heteroatoms. The van der Waals surface area contributed by atoms with Crippen molar-refractivity contribution in [1.29, 1.82) is 0 Å². The highest BCUT2D eigenvalue weighted by Gasteiger charge is 2.18. The number of nitrogens with two attached hydrogens (primary N) is 1. The van der Waals surface area contributed by atoms with Gasteiger partial charge in [0.25, 0.3) is 5.91 Å². The van der Waals surface area contributed by atoms with Crippen molar-refractivity contribution < 1.29 is 27.1 Å². The Kier molecular flexibility index (Phi) is 7.55. The quantitative estimate of drug-likeness (QED) is 0.495. The van der Waals surface area contributed by atoms with E-state index in [-0.39, 0.29) is 17.1 Å². The van der Waals surface area contributed by atoms with E-state index in [0.717, 1.165) is 4.90 Å². The zero-order valence-corrected chi connectivity index (χ0v) is 16.6. The smallest absolute Gasteiger partial charge is 0.307 e. The van der Waals surface area contributed by atoms with E-state index in [0.29, 0.717) is 11.4 Å². The molecule has 0 heterocycles. The number of esters is 1. The van der Waals surface area contributed by atoms with E-state index >= 15 is 0 Å². The van der Waals surface area contributed by atoms with E-state index in [4.69, 9.17) is 9.88 Å². The second kappa shape index (κ2) is 9.67. The maximum Gasteiger partial charge on any atom is 0.307 e. The summed E-state index contributed by atoms with van der Waals surface area (Å²) < 4.78 is 40.3. The number of anilines is 1. The number of benzene rings is 2. The molecule has 0 aliphatic rings. The summed E-state index contributed by atoms with van der Waals surface area (Å²) >= 11 is 1.37. The summed E-state index contributed by atoms with van der Waals surface area (Å²) in [5.74, 6) is -0.999. The van der Waals surface area contributed by atoms with Gasteiger partial charge in [-0.3, -0.25) is 9.59 Å². The average molecular weight is 426 g/mol. The molecule has 0 saturated heterocycles. The number of primary sulfonamides is 1. The number of sulfonamides is 1. The van der Waals surface area contributed by atoms with Crippen molar-refractivity contribution in [2.24, 2.45) is 5.14 Å². The first-order chi connectivity index (χ1) is 13.1. The molecule has 0 aromatic heterocycles. The first-order valence-corrected chi connectivity index (χ1v) is 10.7. The highest BCUT2D eigenvalue weighted by atomic mass is 32.2. The number of hydrogen-bond donors (Lipinski definition) is 2. The molecule has 0 aliphatic carbocycles. The second-order valence-electron chi connectivity index (χ2n) is 5.74. The summed E-state index contributed by atoms with van der Waals surface area (Å²) in [6, 6.07) is 11.2. The molecule has 2 rings (SSSR count). The zero-order valence-electron chi connectivity index (χ0n) is 14.9. The fourth-order valence-corrected chi connectivity index (χ4v) is 3.41. The number of halogens is 1. The first-order valence-electron chi connectivity index (χ1n) is 8.17. The van der Waals surface area contributed by atoms with Crippen molar-refractivity contribution in [3.8, 4) is 0 Å². The number of carbonyl (C=O) groups excluding carboxylic acids is 2. The Morgan fingerprint density at radius 1 is 1.14 bits per heavy atom. The predicted molar refractivity (Wildman–Crippen MR) is 104 cm³/mol. The number of hydrogen-bond acceptors (Lipinski definition) is 6. The fraction of sp³-hybridized carbons (Fsp3) is 0.222. The van der Waals surface area contributed by atoms with Gasteiger partial charge < -0.3 is 10.1 Å². The Morgan fingerprint density at radius 2 is 1.75 bits per heavy atom. The zero-order chi connectivity index (χ0) is 20.7. The van der Waals surface area contributed by atoms with Crippen LogP contribution in [0.2, 0.25) is 0 Å². The maximum absolute atomic E-state index is 12.8. The van der Waals surface area contributed by atoms with Gasteiger partial charge in [0.1, 0.15) is 5.82 Å². The van der Waals surface area contributed by atoms with E-state index in [9.17, 15) is 22.4 Å². The fourth-order valence-electron chi connectivity index (χ4n) is 2.06. The molecule has 0 fully saturated rings. The van der Waals surface area contributed by atoms with E-state index in [1.807, 2.05) is 0 Å². The Balaban J connectivity index is 1.77. The van der Waals surface area contributed by atoms with Crippen molar-refractivity contribution in [3.05, 3.63) is 54.3 Å². The number of thioether (sulfide) groups is 1. The number of rotatable bonds is 8. The lowest BCUT2D eigenvalue weighted by atomic mass is 10.3. The molecule has 2 aromatic rings. The van der Waals surface area contributed by atoms with E-state index in [2.05, 4.69) is 5.32 Å². The predicted octanol–water partition coefficient (Wildman–Crippen LogP) is 2.53. The van der Waals surface area contributed by atoms with Crippen LogP contribution in [0.15, 0.2) is 58.3 Å². The van der Waals surface area contributed by atoms with Gasteiger partial charge in [-0.2, -0.15) is 0 Å². The first kappa shape index (κ1) is 21.9. The highest BCUT2D eigenvalue weighted by molar-refractivity contribution is 7.99. The number of carbonyl (C=O) groups is 2. The van der Waals surface area contributed by atoms with Crippen LogP contribution in [-0.4, -0.2) is 32.2 Å². The molecule has 3 N–H and O–H groups in total. The standard InChI is InChI=1S/C18H19FN2O5S2/c1-12(18(23)21-14-4-8-16(9-5-14)28(20,24)25)26-17(22)10-11-27-15-6-2-13(19)3-7-15/h2-9,12H,10-11H2,1H3,(H,21,23)(H2,20,24,25)/t12-/m0/s1. The molecule has 0 saturated carbocycles. The second-order valence-corrected chi connectivity index (χ2v) is 8.47. The van der Waals surface area contributed by atoms with Crippen LogP contribution in [0.25, 0.3) is 0 Å². The van der Waals surface area contributed by atoms with Crippen molar-refractivity contribution >= 4 is 39.3 Å². The molecule has 7 nitrogen and oxygen atoms in total. The maximum atomic E-state index is 12.8. The Morgan fingerprint density at radius 3 is 2.32 bits per heavy atom. The number of amides is 1. The topological polar surface area (TPSA) is 116 Å². The van der Waals surface area contributed by atoms with Crippen LogP contribution < -0.4 is 10.5 Å². The van der Waals surface area contributed by atoms with Crippen molar-refractivity contribution in [3.63, 3.8) is 0 Å². The Bertz CT molecular complexity index is 931. The summed E-state index contributed by atoms with van der Waals surface area (Å²) in [6.07, 6.45) is -0.941. The summed E-state index contributed by atoms with van der Waals surface area (Å²) in [5.41, 5.74) is 0.340. The summed E-state index contributed by atoms with van der Waals surface area (Å²) in [7, 11) is -3.81. The molecule has 150 valence electrons. The minimum Gasteiger partial charge on any atom is -0.453 e. The largest absolute Gasteiger partial charge is 0.453 e. The summed E-state index contributed by atoms with van der Waals surface area (Å²) in [5, 5.41) is 7.52. The van der Waals surface area contributed by atoms with Crippen LogP contribution in [-0.2, 0) is 24.3 Å². The van der Waals surface area contributed by atoms with Crippen molar-refractivity contribution in [2.45, 2.75) is 29.2 Å². The van der Waals surface area contributed by atoms with Gasteiger partial charge in [-0.25, -0.2) is 17.9 Å². The summed E-state index contributed by atoms with van der Waals surface area (Å²) in [6.45, 7) is 1.43. The molecule has 2 aromatic carbocycles. The molecule has 0 aliphatic heterocycles. The van der Waals surface area contributed by atoms with Gasteiger partial charge in [-0.1, -0.05) is 0 Å². The minimum absolute atomic E-state index is 0.0800. The average Bonchev–Trinajstić information content (AvgIpc) is 2.63. The Labute approximate surface area is 166 Å². The lowest BCUT2D eigenvalue weighted by Crippen LogP contribution is -2.30. The lowest BCUT2D eigenvalue weighted by molar-refractivity contribution is -0.152. The summed E-state index contributed by atoms with van der Waals surface area (Å²) in [4.78, 5) is 24.7. The van der Waals surface area contributed by atoms with Gasteiger partial charge in [-0.05, 0) is 55.5 Å². The van der Waals surface area contributed by atoms with Gasteiger partial charge in [0.2, 0.25) is 10.0 Å². The highest BCUT2D eigenvalue weighted by Crippen LogP contribution is 2.19. The number of nitrogens with one attached hydrogen (secondary N) is 1. The van der Waals surface area contributed by atoms with E-state index < -0.39 is 28.0 Å². The molecule has 0 bridgehead atoms. The molecular formula is C18H19FN2O5S2. The van der Waals surface area contributed by atoms with E-state index in [1.165, 1.54) is 55.1 Å². The third-order valence-electron chi connectivity index (χ3n) is 3.52. The third kappa shape index (κ3) is 6.95. The molecule has 1 atom stereocenters. The lowest BCUT2D eigenvalue weighted by Gasteiger charge is -2.13. The molecule has 1 amide bonds. The monoisotopic (exact) mass is 426 g/mol.